The van der Waals surface area contributed by atoms with Crippen LogP contribution in [0.2, 0.25) is 0 Å². The molecule has 0 spiro atoms. The quantitative estimate of drug-likeness (QED) is 0.787. The Morgan fingerprint density at radius 2 is 1.75 bits per heavy atom. The lowest BCUT2D eigenvalue weighted by Crippen LogP contribution is -2.26. The molecule has 1 fully saturated rings. The van der Waals surface area contributed by atoms with Crippen molar-refractivity contribution in [1.29, 1.82) is 0 Å². The van der Waals surface area contributed by atoms with E-state index < -0.39 is 23.6 Å². The van der Waals surface area contributed by atoms with Crippen LogP contribution in [0.1, 0.15) is 49.8 Å². The number of hydrogen-bond acceptors (Lipinski definition) is 1. The Labute approximate surface area is 116 Å². The summed E-state index contributed by atoms with van der Waals surface area (Å²) in [4.78, 5) is 0. The summed E-state index contributed by atoms with van der Waals surface area (Å²) in [5.74, 6) is -0.416. The highest BCUT2D eigenvalue weighted by molar-refractivity contribution is 5.29. The van der Waals surface area contributed by atoms with Gasteiger partial charge < -0.3 is 5.73 Å². The van der Waals surface area contributed by atoms with E-state index in [0.717, 1.165) is 37.8 Å². The van der Waals surface area contributed by atoms with Gasteiger partial charge in [-0.3, -0.25) is 0 Å². The van der Waals surface area contributed by atoms with Crippen molar-refractivity contribution < 1.29 is 17.6 Å². The molecule has 1 aliphatic carbocycles. The first-order chi connectivity index (χ1) is 9.29. The van der Waals surface area contributed by atoms with E-state index in [1.54, 1.807) is 0 Å². The van der Waals surface area contributed by atoms with Crippen LogP contribution in [0, 0.1) is 17.7 Å². The van der Waals surface area contributed by atoms with E-state index >= 15 is 0 Å². The van der Waals surface area contributed by atoms with Gasteiger partial charge in [-0.1, -0.05) is 25.8 Å². The van der Waals surface area contributed by atoms with Gasteiger partial charge in [0.15, 0.2) is 0 Å². The molecule has 5 heteroatoms. The first-order valence-electron chi connectivity index (χ1n) is 6.91. The smallest absolute Gasteiger partial charge is 0.324 e. The van der Waals surface area contributed by atoms with Gasteiger partial charge in [0.25, 0.3) is 0 Å². The maximum Gasteiger partial charge on any atom is 0.419 e. The van der Waals surface area contributed by atoms with Gasteiger partial charge in [0, 0.05) is 6.04 Å². The molecule has 0 bridgehead atoms. The van der Waals surface area contributed by atoms with E-state index in [1.807, 2.05) is 0 Å². The molecular weight excluding hydrogens is 270 g/mol. The van der Waals surface area contributed by atoms with Gasteiger partial charge in [0.05, 0.1) is 5.56 Å². The molecule has 0 saturated heterocycles. The number of halogens is 4. The minimum atomic E-state index is -4.68. The lowest BCUT2D eigenvalue weighted by atomic mass is 9.77. The normalized spacial score (nSPS) is 25.5. The van der Waals surface area contributed by atoms with Gasteiger partial charge in [0.1, 0.15) is 5.82 Å². The van der Waals surface area contributed by atoms with Crippen molar-refractivity contribution in [2.24, 2.45) is 17.6 Å². The molecule has 0 heterocycles. The largest absolute Gasteiger partial charge is 0.419 e. The van der Waals surface area contributed by atoms with Crippen LogP contribution in [0.3, 0.4) is 0 Å². The van der Waals surface area contributed by atoms with Gasteiger partial charge in [-0.2, -0.15) is 13.2 Å². The number of nitrogens with two attached hydrogens (primary N) is 1. The summed E-state index contributed by atoms with van der Waals surface area (Å²) in [6.45, 7) is 2.17. The maximum atomic E-state index is 13.3. The lowest BCUT2D eigenvalue weighted by molar-refractivity contribution is -0.140. The van der Waals surface area contributed by atoms with Gasteiger partial charge in [-0.25, -0.2) is 4.39 Å². The van der Waals surface area contributed by atoms with E-state index in [1.165, 1.54) is 6.07 Å². The minimum absolute atomic E-state index is 0.178. The monoisotopic (exact) mass is 289 g/mol. The molecular formula is C15H19F4N. The van der Waals surface area contributed by atoms with Crippen molar-refractivity contribution in [3.63, 3.8) is 0 Å². The van der Waals surface area contributed by atoms with Crippen LogP contribution in [0.4, 0.5) is 17.6 Å². The van der Waals surface area contributed by atoms with E-state index in [4.69, 9.17) is 5.73 Å². The van der Waals surface area contributed by atoms with Crippen LogP contribution < -0.4 is 5.73 Å². The first kappa shape index (κ1) is 15.3. The average molecular weight is 289 g/mol. The van der Waals surface area contributed by atoms with Crippen LogP contribution in [-0.4, -0.2) is 0 Å². The molecule has 0 aromatic heterocycles. The highest BCUT2D eigenvalue weighted by Crippen LogP contribution is 2.38. The second-order valence-corrected chi connectivity index (χ2v) is 5.78. The molecule has 20 heavy (non-hydrogen) atoms. The summed E-state index contributed by atoms with van der Waals surface area (Å²) in [6, 6.07) is 2.64. The summed E-state index contributed by atoms with van der Waals surface area (Å²) < 4.78 is 51.4. The second kappa shape index (κ2) is 5.72. The Morgan fingerprint density at radius 1 is 1.15 bits per heavy atom. The first-order valence-corrected chi connectivity index (χ1v) is 6.91. The fourth-order valence-corrected chi connectivity index (χ4v) is 2.88. The van der Waals surface area contributed by atoms with E-state index in [2.05, 4.69) is 6.92 Å². The zero-order valence-electron chi connectivity index (χ0n) is 11.4. The van der Waals surface area contributed by atoms with Crippen molar-refractivity contribution in [2.75, 3.05) is 0 Å². The van der Waals surface area contributed by atoms with E-state index in [9.17, 15) is 17.6 Å². The fourth-order valence-electron chi connectivity index (χ4n) is 2.88. The summed E-state index contributed by atoms with van der Waals surface area (Å²) in [7, 11) is 0. The number of hydrogen-bond donors (Lipinski definition) is 1. The summed E-state index contributed by atoms with van der Waals surface area (Å²) in [5.41, 5.74) is 5.23. The zero-order valence-corrected chi connectivity index (χ0v) is 11.4. The third kappa shape index (κ3) is 3.32. The molecule has 1 aliphatic rings. The third-order valence-electron chi connectivity index (χ3n) is 4.25. The third-order valence-corrected chi connectivity index (χ3v) is 4.25. The molecule has 0 radical (unpaired) electrons. The molecule has 0 aliphatic heterocycles. The molecule has 2 N–H and O–H groups in total. The Kier molecular flexibility index (Phi) is 4.37. The van der Waals surface area contributed by atoms with Gasteiger partial charge >= 0.3 is 6.18 Å². The number of alkyl halides is 3. The summed E-state index contributed by atoms with van der Waals surface area (Å²) in [5, 5.41) is 0. The van der Waals surface area contributed by atoms with Crippen LogP contribution >= 0.6 is 0 Å². The van der Waals surface area contributed by atoms with Crippen molar-refractivity contribution in [3.8, 4) is 0 Å². The molecule has 1 aromatic carbocycles. The molecule has 0 amide bonds. The predicted molar refractivity (Wildman–Crippen MR) is 69.5 cm³/mol. The van der Waals surface area contributed by atoms with Crippen LogP contribution in [0.5, 0.6) is 0 Å². The Balaban J connectivity index is 2.20. The molecule has 1 saturated carbocycles. The Morgan fingerprint density at radius 3 is 2.30 bits per heavy atom. The molecule has 1 atom stereocenters. The molecule has 112 valence electrons. The zero-order chi connectivity index (χ0) is 14.9. The summed E-state index contributed by atoms with van der Waals surface area (Å²) in [6.07, 6.45) is -0.750. The highest BCUT2D eigenvalue weighted by atomic mass is 19.4. The van der Waals surface area contributed by atoms with Crippen LogP contribution in [-0.2, 0) is 6.18 Å². The Hall–Kier alpha value is -1.10. The molecule has 1 unspecified atom stereocenters. The minimum Gasteiger partial charge on any atom is -0.324 e. The number of benzene rings is 1. The SMILES string of the molecule is CC1CCC(C(N)c2ccc(F)c(C(F)(F)F)c2)CC1. The van der Waals surface area contributed by atoms with Crippen molar-refractivity contribution >= 4 is 0 Å². The van der Waals surface area contributed by atoms with Crippen molar-refractivity contribution in [1.82, 2.24) is 0 Å². The van der Waals surface area contributed by atoms with Gasteiger partial charge in [0.2, 0.25) is 0 Å². The van der Waals surface area contributed by atoms with Crippen LogP contribution in [0.25, 0.3) is 0 Å². The Bertz CT molecular complexity index is 461. The van der Waals surface area contributed by atoms with Gasteiger partial charge in [-0.05, 0) is 42.4 Å². The van der Waals surface area contributed by atoms with Gasteiger partial charge in [-0.15, -0.1) is 0 Å². The van der Waals surface area contributed by atoms with Crippen LogP contribution in [0.15, 0.2) is 18.2 Å². The number of rotatable bonds is 2. The average Bonchev–Trinajstić information content (AvgIpc) is 2.38. The van der Waals surface area contributed by atoms with Crippen molar-refractivity contribution in [2.45, 2.75) is 44.8 Å². The predicted octanol–water partition coefficient (Wildman–Crippen LogP) is 4.67. The van der Waals surface area contributed by atoms with E-state index in [-0.39, 0.29) is 5.92 Å². The molecule has 1 nitrogen and oxygen atoms in total. The second-order valence-electron chi connectivity index (χ2n) is 5.78. The lowest BCUT2D eigenvalue weighted by Gasteiger charge is -2.31. The van der Waals surface area contributed by atoms with Crippen molar-refractivity contribution in [3.05, 3.63) is 35.1 Å². The molecule has 1 aromatic rings. The molecule has 2 rings (SSSR count). The summed E-state index contributed by atoms with van der Waals surface area (Å²) >= 11 is 0. The van der Waals surface area contributed by atoms with E-state index in [0.29, 0.717) is 11.5 Å². The highest BCUT2D eigenvalue weighted by Gasteiger charge is 2.35. The maximum absolute atomic E-state index is 13.3. The fraction of sp³-hybridized carbons (Fsp3) is 0.600. The standard InChI is InChI=1S/C15H19F4N/c1-9-2-4-10(5-3-9)14(20)11-6-7-13(16)12(8-11)15(17,18)19/h6-10,14H,2-5,20H2,1H3. The topological polar surface area (TPSA) is 26.0 Å².